The van der Waals surface area contributed by atoms with Gasteiger partial charge in [0.1, 0.15) is 11.4 Å². The van der Waals surface area contributed by atoms with Gasteiger partial charge in [-0.05, 0) is 24.3 Å². The zero-order chi connectivity index (χ0) is 17.1. The van der Waals surface area contributed by atoms with Crippen molar-refractivity contribution in [2.75, 3.05) is 7.11 Å². The highest BCUT2D eigenvalue weighted by molar-refractivity contribution is 5.94. The first-order valence-electron chi connectivity index (χ1n) is 6.99. The average Bonchev–Trinajstić information content (AvgIpc) is 2.98. The van der Waals surface area contributed by atoms with Crippen LogP contribution in [0.1, 0.15) is 0 Å². The Labute approximate surface area is 137 Å². The van der Waals surface area contributed by atoms with Gasteiger partial charge in [-0.15, -0.1) is 0 Å². The molecule has 1 aromatic carbocycles. The number of aromatic nitrogens is 3. The van der Waals surface area contributed by atoms with E-state index in [0.29, 0.717) is 17.2 Å². The van der Waals surface area contributed by atoms with Gasteiger partial charge in [0.15, 0.2) is 5.96 Å². The molecule has 0 aliphatic carbocycles. The van der Waals surface area contributed by atoms with Gasteiger partial charge >= 0.3 is 0 Å². The second kappa shape index (κ2) is 6.24. The predicted octanol–water partition coefficient (Wildman–Crippen LogP) is 0.624. The lowest BCUT2D eigenvalue weighted by molar-refractivity contribution is 0.416. The van der Waals surface area contributed by atoms with Gasteiger partial charge in [-0.25, -0.2) is 15.0 Å². The van der Waals surface area contributed by atoms with Crippen LogP contribution in [0.5, 0.6) is 5.75 Å². The largest absolute Gasteiger partial charge is 0.494 e. The molecule has 0 bridgehead atoms. The number of nitrogens with two attached hydrogens (primary N) is 3. The lowest BCUT2D eigenvalue weighted by Gasteiger charge is -2.06. The summed E-state index contributed by atoms with van der Waals surface area (Å²) in [5.41, 5.74) is 18.4. The van der Waals surface area contributed by atoms with Gasteiger partial charge < -0.3 is 21.9 Å². The fraction of sp³-hybridized carbons (Fsp3) is 0.0667. The van der Waals surface area contributed by atoms with Crippen molar-refractivity contribution in [2.24, 2.45) is 27.2 Å². The number of methoxy groups -OCH3 is 1. The van der Waals surface area contributed by atoms with Gasteiger partial charge in [-0.2, -0.15) is 4.99 Å². The highest BCUT2D eigenvalue weighted by Gasteiger charge is 2.09. The maximum atomic E-state index is 5.70. The van der Waals surface area contributed by atoms with E-state index >= 15 is 0 Å². The Hall–Kier alpha value is -3.62. The molecule has 2 aromatic heterocycles. The number of hydrogen-bond donors (Lipinski definition) is 3. The highest BCUT2D eigenvalue weighted by atomic mass is 16.5. The van der Waals surface area contributed by atoms with E-state index in [1.54, 1.807) is 25.4 Å². The van der Waals surface area contributed by atoms with Gasteiger partial charge in [0.05, 0.1) is 12.8 Å². The van der Waals surface area contributed by atoms with Crippen LogP contribution in [0, 0.1) is 0 Å². The second-order valence-corrected chi connectivity index (χ2v) is 4.85. The molecule has 0 spiro atoms. The molecule has 0 saturated carbocycles. The number of benzene rings is 1. The molecule has 6 N–H and O–H groups in total. The maximum Gasteiger partial charge on any atom is 0.234 e. The number of nitrogens with zero attached hydrogens (tertiary/aromatic N) is 5. The van der Waals surface area contributed by atoms with Crippen molar-refractivity contribution in [1.82, 2.24) is 14.4 Å². The Balaban J connectivity index is 2.07. The van der Waals surface area contributed by atoms with Crippen molar-refractivity contribution in [3.63, 3.8) is 0 Å². The number of hydrogen-bond acceptors (Lipinski definition) is 4. The lowest BCUT2D eigenvalue weighted by atomic mass is 10.1. The number of imidazole rings is 1. The Morgan fingerprint density at radius 2 is 2.08 bits per heavy atom. The van der Waals surface area contributed by atoms with Gasteiger partial charge in [-0.3, -0.25) is 4.40 Å². The Kier molecular flexibility index (Phi) is 3.98. The molecule has 2 heterocycles. The molecule has 3 aromatic rings. The molecular weight excluding hydrogens is 308 g/mol. The van der Waals surface area contributed by atoms with Gasteiger partial charge in [-0.1, -0.05) is 0 Å². The standard InChI is InChI=1S/C15H16N8O/c1-24-12-4-3-9(7-10(12)20-14(18)22-13(16)17)11-8-23-6-2-5-19-15(23)21-11/h2-8H,1H3,(H6,16,17,18,20,22). The smallest absolute Gasteiger partial charge is 0.234 e. The minimum absolute atomic E-state index is 0.0675. The van der Waals surface area contributed by atoms with Crippen molar-refractivity contribution in [1.29, 1.82) is 0 Å². The molecule has 0 amide bonds. The predicted molar refractivity (Wildman–Crippen MR) is 92.1 cm³/mol. The van der Waals surface area contributed by atoms with Crippen LogP contribution in [0.15, 0.2) is 52.8 Å². The third-order valence-electron chi connectivity index (χ3n) is 3.19. The zero-order valence-corrected chi connectivity index (χ0v) is 12.9. The van der Waals surface area contributed by atoms with Crippen molar-refractivity contribution in [2.45, 2.75) is 0 Å². The average molecular weight is 324 g/mol. The lowest BCUT2D eigenvalue weighted by Crippen LogP contribution is -2.26. The molecule has 0 aliphatic heterocycles. The van der Waals surface area contributed by atoms with E-state index in [2.05, 4.69) is 20.0 Å². The van der Waals surface area contributed by atoms with E-state index in [-0.39, 0.29) is 11.9 Å². The van der Waals surface area contributed by atoms with Gasteiger partial charge in [0.25, 0.3) is 0 Å². The van der Waals surface area contributed by atoms with E-state index in [4.69, 9.17) is 21.9 Å². The topological polar surface area (TPSA) is 142 Å². The number of rotatable bonds is 3. The van der Waals surface area contributed by atoms with Crippen LogP contribution < -0.4 is 21.9 Å². The second-order valence-electron chi connectivity index (χ2n) is 4.85. The van der Waals surface area contributed by atoms with Crippen LogP contribution in [-0.2, 0) is 0 Å². The van der Waals surface area contributed by atoms with Crippen LogP contribution in [0.3, 0.4) is 0 Å². The first-order valence-corrected chi connectivity index (χ1v) is 6.99. The Morgan fingerprint density at radius 3 is 2.79 bits per heavy atom. The van der Waals surface area contributed by atoms with Crippen LogP contribution in [0.2, 0.25) is 0 Å². The number of guanidine groups is 2. The minimum atomic E-state index is -0.169. The van der Waals surface area contributed by atoms with Crippen molar-refractivity contribution in [3.8, 4) is 17.0 Å². The zero-order valence-electron chi connectivity index (χ0n) is 12.9. The monoisotopic (exact) mass is 324 g/mol. The third kappa shape index (κ3) is 3.09. The number of aliphatic imine (C=N–C) groups is 2. The van der Waals surface area contributed by atoms with E-state index in [9.17, 15) is 0 Å². The third-order valence-corrected chi connectivity index (χ3v) is 3.19. The van der Waals surface area contributed by atoms with E-state index in [0.717, 1.165) is 11.3 Å². The molecule has 0 atom stereocenters. The summed E-state index contributed by atoms with van der Waals surface area (Å²) in [4.78, 5) is 16.6. The number of ether oxygens (including phenoxy) is 1. The summed E-state index contributed by atoms with van der Waals surface area (Å²) >= 11 is 0. The summed E-state index contributed by atoms with van der Waals surface area (Å²) in [6.45, 7) is 0. The summed E-state index contributed by atoms with van der Waals surface area (Å²) in [7, 11) is 1.54. The van der Waals surface area contributed by atoms with Crippen molar-refractivity contribution < 1.29 is 4.74 Å². The molecule has 0 unspecified atom stereocenters. The summed E-state index contributed by atoms with van der Waals surface area (Å²) in [5, 5.41) is 0. The van der Waals surface area contributed by atoms with E-state index < -0.39 is 0 Å². The highest BCUT2D eigenvalue weighted by Crippen LogP contribution is 2.32. The summed E-state index contributed by atoms with van der Waals surface area (Å²) in [6, 6.07) is 7.26. The summed E-state index contributed by atoms with van der Waals surface area (Å²) < 4.78 is 7.12. The van der Waals surface area contributed by atoms with Gasteiger partial charge in [0, 0.05) is 24.2 Å². The molecule has 9 heteroatoms. The molecule has 3 rings (SSSR count). The van der Waals surface area contributed by atoms with Crippen molar-refractivity contribution in [3.05, 3.63) is 42.9 Å². The molecule has 0 radical (unpaired) electrons. The SMILES string of the molecule is COc1ccc(-c2cn3cccnc3n2)cc1N=C(N)N=C(N)N. The fourth-order valence-corrected chi connectivity index (χ4v) is 2.19. The first kappa shape index (κ1) is 15.3. The Bertz CT molecular complexity index is 907. The number of fused-ring (bicyclic) bond motifs is 1. The first-order chi connectivity index (χ1) is 11.6. The quantitative estimate of drug-likeness (QED) is 0.476. The maximum absolute atomic E-state index is 5.70. The molecule has 0 saturated heterocycles. The van der Waals surface area contributed by atoms with Crippen LogP contribution in [-0.4, -0.2) is 33.4 Å². The molecule has 24 heavy (non-hydrogen) atoms. The fourth-order valence-electron chi connectivity index (χ4n) is 2.19. The molecule has 122 valence electrons. The van der Waals surface area contributed by atoms with Crippen LogP contribution in [0.4, 0.5) is 5.69 Å². The van der Waals surface area contributed by atoms with Crippen LogP contribution >= 0.6 is 0 Å². The molecule has 0 fully saturated rings. The van der Waals surface area contributed by atoms with E-state index in [1.807, 2.05) is 28.9 Å². The molecular formula is C15H16N8O. The minimum Gasteiger partial charge on any atom is -0.494 e. The summed E-state index contributed by atoms with van der Waals surface area (Å²) in [6.07, 6.45) is 5.43. The summed E-state index contributed by atoms with van der Waals surface area (Å²) in [5.74, 6) is 0.905. The van der Waals surface area contributed by atoms with Crippen LogP contribution in [0.25, 0.3) is 17.0 Å². The Morgan fingerprint density at radius 1 is 1.25 bits per heavy atom. The molecule has 0 aliphatic rings. The van der Waals surface area contributed by atoms with Gasteiger partial charge in [0.2, 0.25) is 11.7 Å². The normalized spacial score (nSPS) is 11.5. The van der Waals surface area contributed by atoms with Crippen molar-refractivity contribution >= 4 is 23.4 Å². The molecule has 9 nitrogen and oxygen atoms in total. The van der Waals surface area contributed by atoms with E-state index in [1.165, 1.54) is 0 Å².